The second kappa shape index (κ2) is 6.74. The molecule has 0 saturated heterocycles. The van der Waals surface area contributed by atoms with Gasteiger partial charge in [-0.15, -0.1) is 0 Å². The number of aromatic nitrogens is 2. The highest BCUT2D eigenvalue weighted by molar-refractivity contribution is 5.94. The van der Waals surface area contributed by atoms with Crippen LogP contribution in [0.2, 0.25) is 0 Å². The predicted octanol–water partition coefficient (Wildman–Crippen LogP) is 3.07. The lowest BCUT2D eigenvalue weighted by Gasteiger charge is -2.10. The maximum atomic E-state index is 12.5. The number of pyridine rings is 1. The number of aryl methyl sites for hydroxylation is 3. The first kappa shape index (κ1) is 16.1. The second-order valence-corrected chi connectivity index (χ2v) is 5.85. The molecule has 1 amide bonds. The van der Waals surface area contributed by atoms with E-state index in [0.717, 1.165) is 28.2 Å². The van der Waals surface area contributed by atoms with Gasteiger partial charge in [-0.3, -0.25) is 9.20 Å². The molecular formula is C19H21N3O2. The number of imidazole rings is 1. The van der Waals surface area contributed by atoms with Gasteiger partial charge in [0, 0.05) is 6.20 Å². The average molecular weight is 323 g/mol. The van der Waals surface area contributed by atoms with Gasteiger partial charge in [-0.25, -0.2) is 4.98 Å². The van der Waals surface area contributed by atoms with E-state index in [9.17, 15) is 4.79 Å². The summed E-state index contributed by atoms with van der Waals surface area (Å²) in [5, 5.41) is 2.90. The first-order valence-corrected chi connectivity index (χ1v) is 7.98. The minimum absolute atomic E-state index is 0.141. The first-order valence-electron chi connectivity index (χ1n) is 7.98. The van der Waals surface area contributed by atoms with Gasteiger partial charge in [-0.05, 0) is 50.1 Å². The van der Waals surface area contributed by atoms with Crippen LogP contribution in [-0.2, 0) is 0 Å². The van der Waals surface area contributed by atoms with E-state index in [4.69, 9.17) is 4.74 Å². The Morgan fingerprint density at radius 2 is 2.00 bits per heavy atom. The standard InChI is InChI=1S/C19H21N3O2/c1-13-8-10-22-17(12-13)21-15(3)18(22)19(23)20-9-11-24-16-7-5-4-6-14(16)2/h4-8,10,12H,9,11H2,1-3H3,(H,20,23). The Morgan fingerprint density at radius 3 is 2.79 bits per heavy atom. The quantitative estimate of drug-likeness (QED) is 0.734. The van der Waals surface area contributed by atoms with E-state index in [0.29, 0.717) is 18.8 Å². The molecule has 5 heteroatoms. The summed E-state index contributed by atoms with van der Waals surface area (Å²) >= 11 is 0. The lowest BCUT2D eigenvalue weighted by atomic mass is 10.2. The van der Waals surface area contributed by atoms with Crippen molar-refractivity contribution >= 4 is 11.6 Å². The van der Waals surface area contributed by atoms with Crippen molar-refractivity contribution < 1.29 is 9.53 Å². The summed E-state index contributed by atoms with van der Waals surface area (Å²) in [6, 6.07) is 11.8. The third-order valence-electron chi connectivity index (χ3n) is 3.91. The largest absolute Gasteiger partial charge is 0.491 e. The third-order valence-corrected chi connectivity index (χ3v) is 3.91. The zero-order valence-corrected chi connectivity index (χ0v) is 14.2. The molecule has 0 bridgehead atoms. The summed E-state index contributed by atoms with van der Waals surface area (Å²) in [6.45, 7) is 6.71. The lowest BCUT2D eigenvalue weighted by molar-refractivity contribution is 0.0940. The van der Waals surface area contributed by atoms with Crippen LogP contribution in [0.3, 0.4) is 0 Å². The van der Waals surface area contributed by atoms with E-state index in [1.165, 1.54) is 0 Å². The topological polar surface area (TPSA) is 55.6 Å². The second-order valence-electron chi connectivity index (χ2n) is 5.85. The molecule has 0 unspecified atom stereocenters. The number of hydrogen-bond donors (Lipinski definition) is 1. The number of rotatable bonds is 5. The molecule has 24 heavy (non-hydrogen) atoms. The van der Waals surface area contributed by atoms with E-state index in [2.05, 4.69) is 10.3 Å². The zero-order valence-electron chi connectivity index (χ0n) is 14.2. The number of carbonyl (C=O) groups is 1. The molecule has 0 aliphatic carbocycles. The molecule has 0 aliphatic heterocycles. The Balaban J connectivity index is 1.63. The van der Waals surface area contributed by atoms with Crippen molar-refractivity contribution in [3.8, 4) is 5.75 Å². The van der Waals surface area contributed by atoms with Gasteiger partial charge in [0.15, 0.2) is 0 Å². The number of para-hydroxylation sites is 1. The van der Waals surface area contributed by atoms with Crippen LogP contribution in [0.1, 0.15) is 27.3 Å². The monoisotopic (exact) mass is 323 g/mol. The number of nitrogens with zero attached hydrogens (tertiary/aromatic N) is 2. The molecular weight excluding hydrogens is 302 g/mol. The number of carbonyl (C=O) groups excluding carboxylic acids is 1. The minimum Gasteiger partial charge on any atom is -0.491 e. The van der Waals surface area contributed by atoms with Gasteiger partial charge in [-0.1, -0.05) is 18.2 Å². The molecule has 0 radical (unpaired) electrons. The number of fused-ring (bicyclic) bond motifs is 1. The van der Waals surface area contributed by atoms with Gasteiger partial charge >= 0.3 is 0 Å². The Morgan fingerprint density at radius 1 is 1.21 bits per heavy atom. The van der Waals surface area contributed by atoms with Crippen molar-refractivity contribution in [1.82, 2.24) is 14.7 Å². The molecule has 0 spiro atoms. The van der Waals surface area contributed by atoms with E-state index >= 15 is 0 Å². The Hall–Kier alpha value is -2.82. The minimum atomic E-state index is -0.141. The van der Waals surface area contributed by atoms with Crippen LogP contribution < -0.4 is 10.1 Å². The van der Waals surface area contributed by atoms with Gasteiger partial charge < -0.3 is 10.1 Å². The predicted molar refractivity (Wildman–Crippen MR) is 93.7 cm³/mol. The van der Waals surface area contributed by atoms with Gasteiger partial charge in [0.1, 0.15) is 23.7 Å². The van der Waals surface area contributed by atoms with Crippen molar-refractivity contribution in [2.45, 2.75) is 20.8 Å². The van der Waals surface area contributed by atoms with Crippen LogP contribution >= 0.6 is 0 Å². The average Bonchev–Trinajstić information content (AvgIpc) is 2.87. The number of nitrogens with one attached hydrogen (secondary N) is 1. The summed E-state index contributed by atoms with van der Waals surface area (Å²) in [5.74, 6) is 0.699. The summed E-state index contributed by atoms with van der Waals surface area (Å²) < 4.78 is 7.52. The molecule has 1 N–H and O–H groups in total. The molecule has 2 heterocycles. The van der Waals surface area contributed by atoms with E-state index in [1.807, 2.05) is 67.8 Å². The first-order chi connectivity index (χ1) is 11.6. The molecule has 124 valence electrons. The summed E-state index contributed by atoms with van der Waals surface area (Å²) in [4.78, 5) is 16.9. The number of ether oxygens (including phenoxy) is 1. The van der Waals surface area contributed by atoms with Crippen molar-refractivity contribution in [2.75, 3.05) is 13.2 Å². The fraction of sp³-hybridized carbons (Fsp3) is 0.263. The van der Waals surface area contributed by atoms with E-state index < -0.39 is 0 Å². The van der Waals surface area contributed by atoms with Crippen LogP contribution in [0.5, 0.6) is 5.75 Å². The molecule has 1 aromatic carbocycles. The van der Waals surface area contributed by atoms with Crippen LogP contribution in [0.15, 0.2) is 42.6 Å². The SMILES string of the molecule is Cc1ccn2c(C(=O)NCCOc3ccccc3C)c(C)nc2c1. The number of amides is 1. The van der Waals surface area contributed by atoms with Gasteiger partial charge in [0.25, 0.3) is 5.91 Å². The molecule has 0 fully saturated rings. The highest BCUT2D eigenvalue weighted by Crippen LogP contribution is 2.16. The number of benzene rings is 1. The highest BCUT2D eigenvalue weighted by Gasteiger charge is 2.16. The zero-order chi connectivity index (χ0) is 17.1. The van der Waals surface area contributed by atoms with Crippen molar-refractivity contribution in [3.63, 3.8) is 0 Å². The number of hydrogen-bond acceptors (Lipinski definition) is 3. The molecule has 0 aliphatic rings. The maximum absolute atomic E-state index is 12.5. The smallest absolute Gasteiger partial charge is 0.270 e. The summed E-state index contributed by atoms with van der Waals surface area (Å²) in [6.07, 6.45) is 1.88. The third kappa shape index (κ3) is 3.25. The van der Waals surface area contributed by atoms with Crippen LogP contribution in [0.4, 0.5) is 0 Å². The molecule has 3 rings (SSSR count). The molecule has 0 atom stereocenters. The Kier molecular flexibility index (Phi) is 4.51. The van der Waals surface area contributed by atoms with Crippen LogP contribution in [-0.4, -0.2) is 28.4 Å². The van der Waals surface area contributed by atoms with Crippen molar-refractivity contribution in [1.29, 1.82) is 0 Å². The molecule has 5 nitrogen and oxygen atoms in total. The van der Waals surface area contributed by atoms with Gasteiger partial charge in [-0.2, -0.15) is 0 Å². The molecule has 0 saturated carbocycles. The summed E-state index contributed by atoms with van der Waals surface area (Å²) in [7, 11) is 0. The molecule has 3 aromatic rings. The van der Waals surface area contributed by atoms with Crippen molar-refractivity contribution in [2.24, 2.45) is 0 Å². The fourth-order valence-electron chi connectivity index (χ4n) is 2.67. The van der Waals surface area contributed by atoms with Crippen LogP contribution in [0.25, 0.3) is 5.65 Å². The normalized spacial score (nSPS) is 10.8. The molecule has 2 aromatic heterocycles. The van der Waals surface area contributed by atoms with Gasteiger partial charge in [0.05, 0.1) is 12.2 Å². The highest BCUT2D eigenvalue weighted by atomic mass is 16.5. The van der Waals surface area contributed by atoms with E-state index in [1.54, 1.807) is 0 Å². The fourth-order valence-corrected chi connectivity index (χ4v) is 2.67. The Bertz CT molecular complexity index is 883. The van der Waals surface area contributed by atoms with E-state index in [-0.39, 0.29) is 5.91 Å². The van der Waals surface area contributed by atoms with Gasteiger partial charge in [0.2, 0.25) is 0 Å². The van der Waals surface area contributed by atoms with Crippen LogP contribution in [0, 0.1) is 20.8 Å². The lowest BCUT2D eigenvalue weighted by Crippen LogP contribution is -2.29. The summed E-state index contributed by atoms with van der Waals surface area (Å²) in [5.41, 5.74) is 4.27. The Labute approximate surface area is 141 Å². The maximum Gasteiger partial charge on any atom is 0.270 e. The van der Waals surface area contributed by atoms with Crippen molar-refractivity contribution in [3.05, 3.63) is 65.1 Å².